The first kappa shape index (κ1) is 11.7. The molecule has 0 unspecified atom stereocenters. The Morgan fingerprint density at radius 2 is 2.18 bits per heavy atom. The van der Waals surface area contributed by atoms with Crippen molar-refractivity contribution in [2.24, 2.45) is 0 Å². The predicted molar refractivity (Wildman–Crippen MR) is 66.0 cm³/mol. The van der Waals surface area contributed by atoms with Crippen LogP contribution >= 0.6 is 11.5 Å². The molecule has 0 N–H and O–H groups in total. The minimum Gasteiger partial charge on any atom is -0.462 e. The SMILES string of the molecule is CCOC(=O)c1snnc1-c1ccccc1C. The number of aryl methyl sites for hydroxylation is 1. The summed E-state index contributed by atoms with van der Waals surface area (Å²) in [6.45, 7) is 4.10. The Morgan fingerprint density at radius 1 is 1.41 bits per heavy atom. The largest absolute Gasteiger partial charge is 0.462 e. The first-order chi connectivity index (χ1) is 8.24. The Labute approximate surface area is 103 Å². The van der Waals surface area contributed by atoms with Gasteiger partial charge in [-0.2, -0.15) is 0 Å². The summed E-state index contributed by atoms with van der Waals surface area (Å²) in [6.07, 6.45) is 0. The van der Waals surface area contributed by atoms with Crippen LogP contribution in [0.15, 0.2) is 24.3 Å². The number of benzene rings is 1. The van der Waals surface area contributed by atoms with Gasteiger partial charge in [0.25, 0.3) is 0 Å². The third-order valence-electron chi connectivity index (χ3n) is 2.35. The first-order valence-electron chi connectivity index (χ1n) is 5.29. The molecule has 2 aromatic rings. The first-order valence-corrected chi connectivity index (χ1v) is 6.07. The van der Waals surface area contributed by atoms with E-state index in [0.29, 0.717) is 17.2 Å². The molecular weight excluding hydrogens is 236 g/mol. The van der Waals surface area contributed by atoms with Crippen LogP contribution in [0.25, 0.3) is 11.3 Å². The van der Waals surface area contributed by atoms with E-state index in [2.05, 4.69) is 9.59 Å². The highest BCUT2D eigenvalue weighted by molar-refractivity contribution is 7.08. The highest BCUT2D eigenvalue weighted by Gasteiger charge is 2.19. The maximum atomic E-state index is 11.7. The highest BCUT2D eigenvalue weighted by Crippen LogP contribution is 2.27. The van der Waals surface area contributed by atoms with Crippen molar-refractivity contribution in [1.82, 2.24) is 9.59 Å². The second-order valence-electron chi connectivity index (χ2n) is 3.49. The topological polar surface area (TPSA) is 52.1 Å². The number of nitrogens with zero attached hydrogens (tertiary/aromatic N) is 2. The third kappa shape index (κ3) is 2.34. The zero-order chi connectivity index (χ0) is 12.3. The van der Waals surface area contributed by atoms with Gasteiger partial charge in [-0.3, -0.25) is 0 Å². The molecule has 17 heavy (non-hydrogen) atoms. The van der Waals surface area contributed by atoms with Crippen LogP contribution in [0.1, 0.15) is 22.2 Å². The maximum Gasteiger partial charge on any atom is 0.352 e. The molecule has 0 aliphatic carbocycles. The fourth-order valence-electron chi connectivity index (χ4n) is 1.54. The molecule has 0 spiro atoms. The fourth-order valence-corrected chi connectivity index (χ4v) is 2.11. The Morgan fingerprint density at radius 3 is 2.88 bits per heavy atom. The van der Waals surface area contributed by atoms with E-state index >= 15 is 0 Å². The van der Waals surface area contributed by atoms with Crippen LogP contribution in [0.4, 0.5) is 0 Å². The van der Waals surface area contributed by atoms with Crippen molar-refractivity contribution in [2.75, 3.05) is 6.61 Å². The van der Waals surface area contributed by atoms with Crippen LogP contribution in [0.3, 0.4) is 0 Å². The number of rotatable bonds is 3. The van der Waals surface area contributed by atoms with Gasteiger partial charge in [0, 0.05) is 5.56 Å². The van der Waals surface area contributed by atoms with Gasteiger partial charge in [0.2, 0.25) is 0 Å². The lowest BCUT2D eigenvalue weighted by molar-refractivity contribution is 0.0532. The van der Waals surface area contributed by atoms with Gasteiger partial charge < -0.3 is 4.74 Å². The van der Waals surface area contributed by atoms with Crippen molar-refractivity contribution in [3.05, 3.63) is 34.7 Å². The van der Waals surface area contributed by atoms with Gasteiger partial charge in [-0.15, -0.1) is 5.10 Å². The van der Waals surface area contributed by atoms with Gasteiger partial charge in [0.15, 0.2) is 4.88 Å². The minimum absolute atomic E-state index is 0.351. The van der Waals surface area contributed by atoms with E-state index in [1.807, 2.05) is 31.2 Å². The van der Waals surface area contributed by atoms with Crippen molar-refractivity contribution in [1.29, 1.82) is 0 Å². The molecule has 0 amide bonds. The van der Waals surface area contributed by atoms with Crippen LogP contribution in [-0.2, 0) is 4.74 Å². The van der Waals surface area contributed by atoms with E-state index < -0.39 is 0 Å². The second kappa shape index (κ2) is 5.05. The van der Waals surface area contributed by atoms with Crippen molar-refractivity contribution >= 4 is 17.5 Å². The summed E-state index contributed by atoms with van der Waals surface area (Å²) in [6, 6.07) is 7.76. The molecule has 5 heteroatoms. The molecule has 1 heterocycles. The highest BCUT2D eigenvalue weighted by atomic mass is 32.1. The lowest BCUT2D eigenvalue weighted by atomic mass is 10.1. The number of ether oxygens (including phenoxy) is 1. The predicted octanol–water partition coefficient (Wildman–Crippen LogP) is 2.69. The fraction of sp³-hybridized carbons (Fsp3) is 0.250. The number of carbonyl (C=O) groups excluding carboxylic acids is 1. The molecule has 88 valence electrons. The summed E-state index contributed by atoms with van der Waals surface area (Å²) in [5.74, 6) is -0.360. The summed E-state index contributed by atoms with van der Waals surface area (Å²) in [7, 11) is 0. The number of esters is 1. The Kier molecular flexibility index (Phi) is 3.49. The smallest absolute Gasteiger partial charge is 0.352 e. The summed E-state index contributed by atoms with van der Waals surface area (Å²) in [5.41, 5.74) is 2.58. The van der Waals surface area contributed by atoms with Gasteiger partial charge in [-0.25, -0.2) is 4.79 Å². The van der Waals surface area contributed by atoms with Gasteiger partial charge in [0.1, 0.15) is 5.69 Å². The molecule has 4 nitrogen and oxygen atoms in total. The molecule has 1 aromatic heterocycles. The molecule has 1 aromatic carbocycles. The van der Waals surface area contributed by atoms with Crippen molar-refractivity contribution in [2.45, 2.75) is 13.8 Å². The number of hydrogen-bond acceptors (Lipinski definition) is 5. The van der Waals surface area contributed by atoms with Gasteiger partial charge >= 0.3 is 5.97 Å². The Bertz CT molecular complexity index is 537. The van der Waals surface area contributed by atoms with E-state index in [4.69, 9.17) is 4.74 Å². The molecule has 0 saturated heterocycles. The maximum absolute atomic E-state index is 11.7. The van der Waals surface area contributed by atoms with Gasteiger partial charge in [0.05, 0.1) is 6.61 Å². The minimum atomic E-state index is -0.360. The number of aromatic nitrogens is 2. The zero-order valence-corrected chi connectivity index (χ0v) is 10.5. The lowest BCUT2D eigenvalue weighted by Crippen LogP contribution is -2.04. The van der Waals surface area contributed by atoms with E-state index in [-0.39, 0.29) is 5.97 Å². The number of carbonyl (C=O) groups is 1. The third-order valence-corrected chi connectivity index (χ3v) is 3.05. The molecule has 0 saturated carbocycles. The van der Waals surface area contributed by atoms with Crippen LogP contribution in [0, 0.1) is 6.92 Å². The lowest BCUT2D eigenvalue weighted by Gasteiger charge is -2.04. The quantitative estimate of drug-likeness (QED) is 0.784. The van der Waals surface area contributed by atoms with Gasteiger partial charge in [-0.05, 0) is 30.9 Å². The summed E-state index contributed by atoms with van der Waals surface area (Å²) in [5, 5.41) is 4.02. The van der Waals surface area contributed by atoms with Crippen LogP contribution in [-0.4, -0.2) is 22.2 Å². The zero-order valence-electron chi connectivity index (χ0n) is 9.64. The average Bonchev–Trinajstić information content (AvgIpc) is 2.79. The molecule has 0 aliphatic rings. The van der Waals surface area contributed by atoms with Crippen LogP contribution in [0.2, 0.25) is 0 Å². The monoisotopic (exact) mass is 248 g/mol. The molecular formula is C12H12N2O2S. The Balaban J connectivity index is 2.44. The standard InChI is InChI=1S/C12H12N2O2S/c1-3-16-12(15)11-10(13-14-17-11)9-7-5-4-6-8(9)2/h4-7H,3H2,1-2H3. The molecule has 0 fully saturated rings. The molecule has 0 radical (unpaired) electrons. The van der Waals surface area contributed by atoms with Crippen molar-refractivity contribution < 1.29 is 9.53 Å². The average molecular weight is 248 g/mol. The van der Waals surface area contributed by atoms with Crippen molar-refractivity contribution in [3.63, 3.8) is 0 Å². The van der Waals surface area contributed by atoms with E-state index in [1.54, 1.807) is 6.92 Å². The Hall–Kier alpha value is -1.75. The van der Waals surface area contributed by atoms with E-state index in [0.717, 1.165) is 22.7 Å². The molecule has 0 atom stereocenters. The second-order valence-corrected chi connectivity index (χ2v) is 4.24. The van der Waals surface area contributed by atoms with Crippen molar-refractivity contribution in [3.8, 4) is 11.3 Å². The number of hydrogen-bond donors (Lipinski definition) is 0. The normalized spacial score (nSPS) is 10.2. The molecule has 2 rings (SSSR count). The van der Waals surface area contributed by atoms with Crippen LogP contribution < -0.4 is 0 Å². The van der Waals surface area contributed by atoms with E-state index in [9.17, 15) is 4.79 Å². The summed E-state index contributed by atoms with van der Waals surface area (Å²) in [4.78, 5) is 12.2. The molecule has 0 bridgehead atoms. The molecule has 0 aliphatic heterocycles. The van der Waals surface area contributed by atoms with Gasteiger partial charge in [-0.1, -0.05) is 28.8 Å². The van der Waals surface area contributed by atoms with E-state index in [1.165, 1.54) is 0 Å². The summed E-state index contributed by atoms with van der Waals surface area (Å²) >= 11 is 1.07. The van der Waals surface area contributed by atoms with Crippen LogP contribution in [0.5, 0.6) is 0 Å². The summed E-state index contributed by atoms with van der Waals surface area (Å²) < 4.78 is 8.81.